The quantitative estimate of drug-likeness (QED) is 0.583. The minimum absolute atomic E-state index is 0.0185. The van der Waals surface area contributed by atoms with Crippen LogP contribution in [0, 0.1) is 11.6 Å². The van der Waals surface area contributed by atoms with Crippen LogP contribution in [0.2, 0.25) is 0 Å². The Morgan fingerprint density at radius 1 is 1.06 bits per heavy atom. The number of nitrogens with two attached hydrogens (primary N) is 1. The smallest absolute Gasteiger partial charge is 0.251 e. The summed E-state index contributed by atoms with van der Waals surface area (Å²) in [4.78, 5) is 43.3. The second-order valence-corrected chi connectivity index (χ2v) is 7.61. The van der Waals surface area contributed by atoms with Crippen LogP contribution in [0.1, 0.15) is 44.2 Å². The van der Waals surface area contributed by atoms with Crippen molar-refractivity contribution in [3.63, 3.8) is 0 Å². The van der Waals surface area contributed by atoms with Gasteiger partial charge in [0, 0.05) is 18.5 Å². The SMILES string of the molecule is CCCC[C@H](N)C(=O)N(Cc1ccncc1)C(=O)[C@H](C)NC(=O)Cc1cc(F)cc(F)c1. The van der Waals surface area contributed by atoms with E-state index in [0.717, 1.165) is 29.9 Å². The molecule has 0 saturated heterocycles. The molecule has 1 aromatic carbocycles. The van der Waals surface area contributed by atoms with Crippen molar-refractivity contribution in [1.82, 2.24) is 15.2 Å². The monoisotopic (exact) mass is 446 g/mol. The van der Waals surface area contributed by atoms with E-state index in [0.29, 0.717) is 18.1 Å². The number of carbonyl (C=O) groups is 3. The summed E-state index contributed by atoms with van der Waals surface area (Å²) in [5.74, 6) is -3.37. The van der Waals surface area contributed by atoms with Crippen molar-refractivity contribution in [2.75, 3.05) is 0 Å². The van der Waals surface area contributed by atoms with Gasteiger partial charge in [-0.25, -0.2) is 8.78 Å². The minimum Gasteiger partial charge on any atom is -0.344 e. The molecule has 3 N–H and O–H groups in total. The molecule has 0 saturated carbocycles. The summed E-state index contributed by atoms with van der Waals surface area (Å²) in [6.07, 6.45) is 4.79. The fourth-order valence-electron chi connectivity index (χ4n) is 3.17. The zero-order valence-corrected chi connectivity index (χ0v) is 18.2. The number of halogens is 2. The largest absolute Gasteiger partial charge is 0.344 e. The molecule has 0 aliphatic heterocycles. The van der Waals surface area contributed by atoms with Crippen LogP contribution in [0.25, 0.3) is 0 Å². The molecular formula is C23H28F2N4O3. The van der Waals surface area contributed by atoms with Gasteiger partial charge in [-0.05, 0) is 48.7 Å². The maximum atomic E-state index is 13.3. The third-order valence-electron chi connectivity index (χ3n) is 4.84. The number of pyridine rings is 1. The number of carbonyl (C=O) groups excluding carboxylic acids is 3. The Morgan fingerprint density at radius 2 is 1.69 bits per heavy atom. The third-order valence-corrected chi connectivity index (χ3v) is 4.84. The lowest BCUT2D eigenvalue weighted by Crippen LogP contribution is -2.53. The lowest BCUT2D eigenvalue weighted by atomic mass is 10.1. The van der Waals surface area contributed by atoms with Gasteiger partial charge in [-0.15, -0.1) is 0 Å². The molecule has 0 bridgehead atoms. The molecule has 2 aromatic rings. The van der Waals surface area contributed by atoms with Crippen molar-refractivity contribution in [3.8, 4) is 0 Å². The van der Waals surface area contributed by atoms with Crippen LogP contribution < -0.4 is 11.1 Å². The highest BCUT2D eigenvalue weighted by molar-refractivity contribution is 6.01. The molecule has 0 unspecified atom stereocenters. The lowest BCUT2D eigenvalue weighted by molar-refractivity contribution is -0.148. The number of hydrogen-bond acceptors (Lipinski definition) is 5. The first-order valence-electron chi connectivity index (χ1n) is 10.4. The first-order chi connectivity index (χ1) is 15.2. The van der Waals surface area contributed by atoms with Crippen LogP contribution in [-0.4, -0.2) is 39.7 Å². The van der Waals surface area contributed by atoms with Crippen LogP contribution in [0.4, 0.5) is 8.78 Å². The molecule has 1 aromatic heterocycles. The number of aromatic nitrogens is 1. The zero-order valence-electron chi connectivity index (χ0n) is 18.2. The van der Waals surface area contributed by atoms with E-state index in [-0.39, 0.29) is 18.5 Å². The number of nitrogens with one attached hydrogen (secondary N) is 1. The van der Waals surface area contributed by atoms with Crippen molar-refractivity contribution < 1.29 is 23.2 Å². The van der Waals surface area contributed by atoms with Crippen molar-refractivity contribution in [3.05, 3.63) is 65.5 Å². The predicted molar refractivity (Wildman–Crippen MR) is 115 cm³/mol. The van der Waals surface area contributed by atoms with Crippen LogP contribution >= 0.6 is 0 Å². The third kappa shape index (κ3) is 7.49. The Hall–Kier alpha value is -3.20. The highest BCUT2D eigenvalue weighted by Gasteiger charge is 2.30. The van der Waals surface area contributed by atoms with Gasteiger partial charge in [0.15, 0.2) is 0 Å². The van der Waals surface area contributed by atoms with Crippen molar-refractivity contribution in [2.24, 2.45) is 5.73 Å². The van der Waals surface area contributed by atoms with E-state index in [1.807, 2.05) is 6.92 Å². The molecule has 1 heterocycles. The van der Waals surface area contributed by atoms with E-state index < -0.39 is 41.4 Å². The molecule has 7 nitrogen and oxygen atoms in total. The highest BCUT2D eigenvalue weighted by atomic mass is 19.1. The number of amides is 3. The number of hydrogen-bond donors (Lipinski definition) is 2. The predicted octanol–water partition coefficient (Wildman–Crippen LogP) is 2.48. The maximum absolute atomic E-state index is 13.3. The summed E-state index contributed by atoms with van der Waals surface area (Å²) in [6.45, 7) is 3.39. The van der Waals surface area contributed by atoms with Gasteiger partial charge in [0.05, 0.1) is 19.0 Å². The normalized spacial score (nSPS) is 12.7. The van der Waals surface area contributed by atoms with Gasteiger partial charge in [0.1, 0.15) is 17.7 Å². The van der Waals surface area contributed by atoms with Crippen molar-refractivity contribution >= 4 is 17.7 Å². The minimum atomic E-state index is -1.05. The maximum Gasteiger partial charge on any atom is 0.251 e. The van der Waals surface area contributed by atoms with Gasteiger partial charge >= 0.3 is 0 Å². The number of rotatable bonds is 10. The van der Waals surface area contributed by atoms with Gasteiger partial charge in [0.25, 0.3) is 5.91 Å². The van der Waals surface area contributed by atoms with E-state index in [9.17, 15) is 23.2 Å². The van der Waals surface area contributed by atoms with Crippen LogP contribution in [0.15, 0.2) is 42.7 Å². The highest BCUT2D eigenvalue weighted by Crippen LogP contribution is 2.12. The Labute approximate surface area is 186 Å². The van der Waals surface area contributed by atoms with Gasteiger partial charge in [-0.1, -0.05) is 19.8 Å². The fraction of sp³-hybridized carbons (Fsp3) is 0.391. The van der Waals surface area contributed by atoms with E-state index >= 15 is 0 Å². The Bertz CT molecular complexity index is 920. The second kappa shape index (κ2) is 12.0. The van der Waals surface area contributed by atoms with Gasteiger partial charge in [-0.2, -0.15) is 0 Å². The molecule has 0 spiro atoms. The molecule has 32 heavy (non-hydrogen) atoms. The van der Waals surface area contributed by atoms with E-state index in [4.69, 9.17) is 5.73 Å². The Kier molecular flexibility index (Phi) is 9.39. The zero-order chi connectivity index (χ0) is 23.7. The first-order valence-corrected chi connectivity index (χ1v) is 10.4. The van der Waals surface area contributed by atoms with Crippen LogP contribution in [-0.2, 0) is 27.3 Å². The topological polar surface area (TPSA) is 105 Å². The Balaban J connectivity index is 2.12. The molecule has 2 rings (SSSR count). The summed E-state index contributed by atoms with van der Waals surface area (Å²) in [7, 11) is 0. The molecule has 0 aliphatic carbocycles. The standard InChI is InChI=1S/C23H28F2N4O3/c1-3-4-5-20(26)23(32)29(14-16-6-8-27-9-7-16)22(31)15(2)28-21(30)12-17-10-18(24)13-19(25)11-17/h6-11,13,15,20H,3-5,12,14,26H2,1-2H3,(H,28,30)/t15-,20-/m0/s1. The average Bonchev–Trinajstić information content (AvgIpc) is 2.74. The van der Waals surface area contributed by atoms with E-state index in [2.05, 4.69) is 10.3 Å². The molecule has 172 valence electrons. The number of imide groups is 1. The summed E-state index contributed by atoms with van der Waals surface area (Å²) in [6, 6.07) is 4.24. The Morgan fingerprint density at radius 3 is 2.28 bits per heavy atom. The molecule has 0 fully saturated rings. The molecule has 0 radical (unpaired) electrons. The number of nitrogens with zero attached hydrogens (tertiary/aromatic N) is 2. The summed E-state index contributed by atoms with van der Waals surface area (Å²) in [5, 5.41) is 2.49. The fourth-order valence-corrected chi connectivity index (χ4v) is 3.17. The summed E-state index contributed by atoms with van der Waals surface area (Å²) < 4.78 is 26.7. The van der Waals surface area contributed by atoms with E-state index in [1.165, 1.54) is 6.92 Å². The van der Waals surface area contributed by atoms with Crippen molar-refractivity contribution in [1.29, 1.82) is 0 Å². The van der Waals surface area contributed by atoms with Gasteiger partial charge in [0.2, 0.25) is 11.8 Å². The van der Waals surface area contributed by atoms with E-state index in [1.54, 1.807) is 24.5 Å². The number of benzene rings is 1. The molecule has 9 heteroatoms. The molecule has 0 aliphatic rings. The van der Waals surface area contributed by atoms with Gasteiger partial charge in [-0.3, -0.25) is 24.3 Å². The lowest BCUT2D eigenvalue weighted by Gasteiger charge is -2.27. The first kappa shape index (κ1) is 25.1. The molecular weight excluding hydrogens is 418 g/mol. The summed E-state index contributed by atoms with van der Waals surface area (Å²) >= 11 is 0. The van der Waals surface area contributed by atoms with Crippen molar-refractivity contribution in [2.45, 2.75) is 58.2 Å². The van der Waals surface area contributed by atoms with Gasteiger partial charge < -0.3 is 11.1 Å². The van der Waals surface area contributed by atoms with Crippen LogP contribution in [0.3, 0.4) is 0 Å². The summed E-state index contributed by atoms with van der Waals surface area (Å²) in [5.41, 5.74) is 6.82. The molecule has 2 atom stereocenters. The average molecular weight is 446 g/mol. The molecule has 3 amide bonds. The second-order valence-electron chi connectivity index (χ2n) is 7.61. The number of unbranched alkanes of at least 4 members (excludes halogenated alkanes) is 1. The van der Waals surface area contributed by atoms with Crippen LogP contribution in [0.5, 0.6) is 0 Å².